The van der Waals surface area contributed by atoms with Gasteiger partial charge in [-0.1, -0.05) is 17.7 Å². The first-order chi connectivity index (χ1) is 16.7. The van der Waals surface area contributed by atoms with Gasteiger partial charge in [0.25, 0.3) is 0 Å². The second-order valence-corrected chi connectivity index (χ2v) is 11.7. The fraction of sp³-hybridized carbons (Fsp3) is 0.462. The highest BCUT2D eigenvalue weighted by Gasteiger charge is 2.42. The van der Waals surface area contributed by atoms with Gasteiger partial charge in [0.1, 0.15) is 6.04 Å². The van der Waals surface area contributed by atoms with Crippen LogP contribution in [0.2, 0.25) is 0 Å². The van der Waals surface area contributed by atoms with E-state index in [0.29, 0.717) is 57.5 Å². The van der Waals surface area contributed by atoms with Crippen LogP contribution in [0.15, 0.2) is 47.4 Å². The van der Waals surface area contributed by atoms with Gasteiger partial charge in [-0.25, -0.2) is 8.42 Å². The number of carbonyl (C=O) groups is 2. The van der Waals surface area contributed by atoms with E-state index < -0.39 is 16.1 Å². The molecule has 2 amide bonds. The number of carbonyl (C=O) groups excluding carboxylic acids is 2. The van der Waals surface area contributed by atoms with Crippen LogP contribution in [-0.4, -0.2) is 67.7 Å². The molecule has 0 aromatic heterocycles. The first kappa shape index (κ1) is 23.8. The second-order valence-electron chi connectivity index (χ2n) is 9.80. The van der Waals surface area contributed by atoms with E-state index >= 15 is 0 Å². The maximum atomic E-state index is 13.6. The highest BCUT2D eigenvalue weighted by Crippen LogP contribution is 2.32. The molecular weight excluding hydrogens is 464 g/mol. The van der Waals surface area contributed by atoms with Gasteiger partial charge in [0, 0.05) is 50.0 Å². The normalized spacial score (nSPS) is 23.2. The highest BCUT2D eigenvalue weighted by atomic mass is 32.2. The Bertz CT molecular complexity index is 1240. The zero-order valence-electron chi connectivity index (χ0n) is 20.2. The van der Waals surface area contributed by atoms with Gasteiger partial charge < -0.3 is 15.1 Å². The number of hydrogen-bond acceptors (Lipinski definition) is 5. The van der Waals surface area contributed by atoms with Crippen molar-refractivity contribution in [1.82, 2.24) is 9.21 Å². The molecule has 5 rings (SSSR count). The monoisotopic (exact) mass is 496 g/mol. The summed E-state index contributed by atoms with van der Waals surface area (Å²) in [5.41, 5.74) is 3.83. The van der Waals surface area contributed by atoms with E-state index in [0.717, 1.165) is 11.3 Å². The molecule has 2 unspecified atom stereocenters. The Kier molecular flexibility index (Phi) is 6.31. The Morgan fingerprint density at radius 1 is 1.03 bits per heavy atom. The average Bonchev–Trinajstić information content (AvgIpc) is 3.35. The number of nitrogens with one attached hydrogen (secondary N) is 1. The van der Waals surface area contributed by atoms with Crippen molar-refractivity contribution in [2.45, 2.75) is 56.5 Å². The molecule has 2 aromatic rings. The lowest BCUT2D eigenvalue weighted by Gasteiger charge is -2.42. The van der Waals surface area contributed by atoms with Gasteiger partial charge in [0.15, 0.2) is 0 Å². The molecule has 186 valence electrons. The molecule has 1 N–H and O–H groups in total. The summed E-state index contributed by atoms with van der Waals surface area (Å²) in [6.07, 6.45) is 2.05. The third kappa shape index (κ3) is 4.54. The Morgan fingerprint density at radius 3 is 2.54 bits per heavy atom. The standard InChI is InChI=1S/C26H32N4O4S/c1-18-5-8-21(9-6-18)29-15-14-28(17-19(29)2)26(32)24-4-3-13-30(24)35(33,34)22-10-11-23-20(16-22)7-12-25(31)27-23/h5-6,8-11,16,19,24H,3-4,7,12-15,17H2,1-2H3,(H,27,31). The van der Waals surface area contributed by atoms with E-state index in [1.54, 1.807) is 12.1 Å². The number of aryl methyl sites for hydroxylation is 2. The number of rotatable bonds is 4. The Balaban J connectivity index is 1.31. The van der Waals surface area contributed by atoms with Gasteiger partial charge in [-0.3, -0.25) is 9.59 Å². The summed E-state index contributed by atoms with van der Waals surface area (Å²) in [5.74, 6) is -0.165. The molecule has 0 saturated carbocycles. The number of nitrogens with zero attached hydrogens (tertiary/aromatic N) is 3. The predicted octanol–water partition coefficient (Wildman–Crippen LogP) is 2.77. The molecule has 0 bridgehead atoms. The van der Waals surface area contributed by atoms with Gasteiger partial charge in [0.05, 0.1) is 4.90 Å². The SMILES string of the molecule is Cc1ccc(N2CCN(C(=O)C3CCCN3S(=O)(=O)c3ccc4c(c3)CCC(=O)N4)CC2C)cc1. The highest BCUT2D eigenvalue weighted by molar-refractivity contribution is 7.89. The van der Waals surface area contributed by atoms with E-state index in [-0.39, 0.29) is 22.8 Å². The van der Waals surface area contributed by atoms with Gasteiger partial charge >= 0.3 is 0 Å². The molecule has 3 heterocycles. The van der Waals surface area contributed by atoms with Crippen LogP contribution >= 0.6 is 0 Å². The zero-order valence-corrected chi connectivity index (χ0v) is 21.1. The van der Waals surface area contributed by atoms with Crippen molar-refractivity contribution in [1.29, 1.82) is 0 Å². The summed E-state index contributed by atoms with van der Waals surface area (Å²) in [5, 5.41) is 2.79. The van der Waals surface area contributed by atoms with E-state index in [4.69, 9.17) is 0 Å². The number of sulfonamides is 1. The van der Waals surface area contributed by atoms with E-state index in [1.165, 1.54) is 15.9 Å². The Morgan fingerprint density at radius 2 is 1.80 bits per heavy atom. The van der Waals surface area contributed by atoms with Crippen molar-refractivity contribution in [3.8, 4) is 0 Å². The number of amides is 2. The third-order valence-corrected chi connectivity index (χ3v) is 9.28. The number of fused-ring (bicyclic) bond motifs is 1. The van der Waals surface area contributed by atoms with Crippen LogP contribution in [0.3, 0.4) is 0 Å². The van der Waals surface area contributed by atoms with Crippen molar-refractivity contribution in [2.24, 2.45) is 0 Å². The molecule has 3 aliphatic heterocycles. The molecule has 0 spiro atoms. The van der Waals surface area contributed by atoms with Crippen LogP contribution < -0.4 is 10.2 Å². The molecule has 2 fully saturated rings. The van der Waals surface area contributed by atoms with Gasteiger partial charge in [-0.2, -0.15) is 4.31 Å². The smallest absolute Gasteiger partial charge is 0.243 e. The topological polar surface area (TPSA) is 90.0 Å². The summed E-state index contributed by atoms with van der Waals surface area (Å²) in [7, 11) is -3.83. The summed E-state index contributed by atoms with van der Waals surface area (Å²) in [4.78, 5) is 29.5. The number of anilines is 2. The van der Waals surface area contributed by atoms with Gasteiger partial charge in [-0.05, 0) is 69.0 Å². The minimum absolute atomic E-state index is 0.0602. The minimum atomic E-state index is -3.83. The molecule has 8 nitrogen and oxygen atoms in total. The lowest BCUT2D eigenvalue weighted by molar-refractivity contribution is -0.135. The predicted molar refractivity (Wildman–Crippen MR) is 135 cm³/mol. The number of benzene rings is 2. The molecule has 35 heavy (non-hydrogen) atoms. The fourth-order valence-electron chi connectivity index (χ4n) is 5.42. The third-order valence-electron chi connectivity index (χ3n) is 7.37. The van der Waals surface area contributed by atoms with Crippen LogP contribution in [0.25, 0.3) is 0 Å². The lowest BCUT2D eigenvalue weighted by Crippen LogP contribution is -2.57. The zero-order chi connectivity index (χ0) is 24.7. The minimum Gasteiger partial charge on any atom is -0.365 e. The van der Waals surface area contributed by atoms with Crippen molar-refractivity contribution in [3.05, 3.63) is 53.6 Å². The Labute approximate surface area is 206 Å². The van der Waals surface area contributed by atoms with Crippen LogP contribution in [-0.2, 0) is 26.0 Å². The van der Waals surface area contributed by atoms with Crippen LogP contribution in [0.1, 0.15) is 37.3 Å². The summed E-state index contributed by atoms with van der Waals surface area (Å²) in [6.45, 7) is 6.36. The van der Waals surface area contributed by atoms with E-state index in [2.05, 4.69) is 48.3 Å². The molecule has 2 saturated heterocycles. The number of piperazine rings is 1. The van der Waals surface area contributed by atoms with Crippen molar-refractivity contribution < 1.29 is 18.0 Å². The van der Waals surface area contributed by atoms with Crippen LogP contribution in [0, 0.1) is 6.92 Å². The quantitative estimate of drug-likeness (QED) is 0.703. The fourth-order valence-corrected chi connectivity index (χ4v) is 7.12. The largest absolute Gasteiger partial charge is 0.365 e. The number of hydrogen-bond donors (Lipinski definition) is 1. The molecule has 9 heteroatoms. The summed E-state index contributed by atoms with van der Waals surface area (Å²) < 4.78 is 28.5. The second kappa shape index (κ2) is 9.28. The molecular formula is C26H32N4O4S. The van der Waals surface area contributed by atoms with Crippen LogP contribution in [0.5, 0.6) is 0 Å². The maximum absolute atomic E-state index is 13.6. The molecule has 2 atom stereocenters. The van der Waals surface area contributed by atoms with E-state index in [9.17, 15) is 18.0 Å². The first-order valence-electron chi connectivity index (χ1n) is 12.3. The molecule has 0 radical (unpaired) electrons. The summed E-state index contributed by atoms with van der Waals surface area (Å²) in [6, 6.07) is 12.7. The average molecular weight is 497 g/mol. The maximum Gasteiger partial charge on any atom is 0.243 e. The molecule has 3 aliphatic rings. The molecule has 2 aromatic carbocycles. The Hall–Kier alpha value is -2.91. The lowest BCUT2D eigenvalue weighted by atomic mass is 10.0. The van der Waals surface area contributed by atoms with Gasteiger partial charge in [-0.15, -0.1) is 0 Å². The van der Waals surface area contributed by atoms with E-state index in [1.807, 2.05) is 4.90 Å². The van der Waals surface area contributed by atoms with Crippen LogP contribution in [0.4, 0.5) is 11.4 Å². The molecule has 0 aliphatic carbocycles. The van der Waals surface area contributed by atoms with Crippen molar-refractivity contribution in [3.63, 3.8) is 0 Å². The summed E-state index contributed by atoms with van der Waals surface area (Å²) >= 11 is 0. The first-order valence-corrected chi connectivity index (χ1v) is 13.7. The van der Waals surface area contributed by atoms with Gasteiger partial charge in [0.2, 0.25) is 21.8 Å². The van der Waals surface area contributed by atoms with Crippen molar-refractivity contribution >= 4 is 33.2 Å². The van der Waals surface area contributed by atoms with Crippen molar-refractivity contribution in [2.75, 3.05) is 36.4 Å².